The van der Waals surface area contributed by atoms with Crippen molar-refractivity contribution in [3.05, 3.63) is 22.9 Å². The molecule has 2 aromatic heterocycles. The summed E-state index contributed by atoms with van der Waals surface area (Å²) in [4.78, 5) is 19.9. The molecule has 0 spiro atoms. The summed E-state index contributed by atoms with van der Waals surface area (Å²) >= 11 is 3.33. The molecule has 7 heteroatoms. The number of rotatable bonds is 3. The third kappa shape index (κ3) is 2.33. The van der Waals surface area contributed by atoms with Gasteiger partial charge < -0.3 is 10.6 Å². The van der Waals surface area contributed by atoms with Crippen molar-refractivity contribution in [3.8, 4) is 0 Å². The molecule has 0 saturated heterocycles. The molecule has 2 heterocycles. The molecular formula is C13H12BrFN4O. The Kier molecular flexibility index (Phi) is 2.50. The van der Waals surface area contributed by atoms with Crippen molar-refractivity contribution in [1.82, 2.24) is 9.97 Å². The van der Waals surface area contributed by atoms with Crippen LogP contribution in [0.2, 0.25) is 0 Å². The van der Waals surface area contributed by atoms with Crippen LogP contribution in [0.15, 0.2) is 22.9 Å². The van der Waals surface area contributed by atoms with Crippen LogP contribution in [-0.2, 0) is 4.79 Å². The van der Waals surface area contributed by atoms with E-state index < -0.39 is 25.0 Å². The molecule has 3 rings (SSSR count). The Balaban J connectivity index is 1.93. The Hall–Kier alpha value is -1.76. The molecule has 1 amide bonds. The van der Waals surface area contributed by atoms with Crippen LogP contribution in [0, 0.1) is 5.92 Å². The molecule has 104 valence electrons. The maximum absolute atomic E-state index is 12.9. The van der Waals surface area contributed by atoms with Crippen LogP contribution >= 0.6 is 15.9 Å². The lowest BCUT2D eigenvalue weighted by Gasteiger charge is -2.09. The molecule has 2 N–H and O–H groups in total. The molecular weight excluding hydrogens is 327 g/mol. The van der Waals surface area contributed by atoms with Crippen molar-refractivity contribution in [1.29, 1.82) is 0 Å². The maximum atomic E-state index is 12.9. The van der Waals surface area contributed by atoms with E-state index in [0.717, 1.165) is 0 Å². The van der Waals surface area contributed by atoms with E-state index in [1.165, 1.54) is 12.4 Å². The number of aromatic nitrogens is 2. The van der Waals surface area contributed by atoms with Crippen molar-refractivity contribution >= 4 is 44.2 Å². The predicted octanol–water partition coefficient (Wildman–Crippen LogP) is 2.73. The van der Waals surface area contributed by atoms with Crippen molar-refractivity contribution in [2.75, 3.05) is 17.6 Å². The summed E-state index contributed by atoms with van der Waals surface area (Å²) in [6.45, 7) is -2.39. The summed E-state index contributed by atoms with van der Waals surface area (Å²) in [5, 5.41) is 6.01. The number of pyridine rings is 2. The minimum Gasteiger partial charge on any atom is -0.373 e. The highest BCUT2D eigenvalue weighted by Crippen LogP contribution is 2.35. The summed E-state index contributed by atoms with van der Waals surface area (Å²) in [5.74, 6) is -0.579. The molecule has 1 aliphatic carbocycles. The number of hydrogen-bond acceptors (Lipinski definition) is 4. The molecule has 5 nitrogen and oxygen atoms in total. The van der Waals surface area contributed by atoms with Crippen molar-refractivity contribution < 1.29 is 13.3 Å². The monoisotopic (exact) mass is 341 g/mol. The standard InChI is InChI=1S/C13H12BrFN4O/c1-16-12-8-4-17-11(3-6(8)9(14)5-18-12)19-13(20)7-2-10(7)15/h3-5,7,10H,2H2,1H3,(H,16,18)(H,17,19,20)/i1D3. The number of nitrogens with one attached hydrogen (secondary N) is 2. The van der Waals surface area contributed by atoms with Gasteiger partial charge in [-0.2, -0.15) is 0 Å². The SMILES string of the molecule is [2H]C([2H])([2H])Nc1ncc(Br)c2cc(NC(=O)C3CC3F)ncc12. The van der Waals surface area contributed by atoms with E-state index in [1.807, 2.05) is 0 Å². The fraction of sp³-hybridized carbons (Fsp3) is 0.308. The van der Waals surface area contributed by atoms with Gasteiger partial charge in [-0.1, -0.05) is 0 Å². The van der Waals surface area contributed by atoms with Gasteiger partial charge in [0.1, 0.15) is 17.8 Å². The van der Waals surface area contributed by atoms with E-state index in [1.54, 1.807) is 6.07 Å². The van der Waals surface area contributed by atoms with Gasteiger partial charge in [0.05, 0.1) is 5.92 Å². The van der Waals surface area contributed by atoms with E-state index in [2.05, 4.69) is 36.5 Å². The van der Waals surface area contributed by atoms with Crippen LogP contribution in [0.25, 0.3) is 10.8 Å². The molecule has 2 unspecified atom stereocenters. The largest absolute Gasteiger partial charge is 0.373 e. The van der Waals surface area contributed by atoms with Gasteiger partial charge in [-0.05, 0) is 28.4 Å². The first kappa shape index (κ1) is 10.0. The van der Waals surface area contributed by atoms with Crippen molar-refractivity contribution in [3.63, 3.8) is 0 Å². The zero-order valence-electron chi connectivity index (χ0n) is 13.2. The van der Waals surface area contributed by atoms with E-state index in [0.29, 0.717) is 15.2 Å². The Labute approximate surface area is 127 Å². The van der Waals surface area contributed by atoms with E-state index in [4.69, 9.17) is 4.11 Å². The third-order valence-electron chi connectivity index (χ3n) is 3.14. The van der Waals surface area contributed by atoms with E-state index in [9.17, 15) is 9.18 Å². The predicted molar refractivity (Wildman–Crippen MR) is 78.4 cm³/mol. The number of carbonyl (C=O) groups excluding carboxylic acids is 1. The van der Waals surface area contributed by atoms with Crippen LogP contribution in [0.5, 0.6) is 0 Å². The number of carbonyl (C=O) groups is 1. The number of nitrogens with zero attached hydrogens (tertiary/aromatic N) is 2. The van der Waals surface area contributed by atoms with Crippen LogP contribution in [0.3, 0.4) is 0 Å². The van der Waals surface area contributed by atoms with Crippen LogP contribution < -0.4 is 10.6 Å². The molecule has 0 aromatic carbocycles. The second-order valence-corrected chi connectivity index (χ2v) is 5.40. The number of halogens is 2. The van der Waals surface area contributed by atoms with Gasteiger partial charge in [-0.25, -0.2) is 14.4 Å². The number of hydrogen-bond donors (Lipinski definition) is 2. The molecule has 1 fully saturated rings. The average Bonchev–Trinajstić information content (AvgIpc) is 3.18. The Morgan fingerprint density at radius 1 is 1.50 bits per heavy atom. The van der Waals surface area contributed by atoms with Crippen LogP contribution in [-0.4, -0.2) is 29.0 Å². The minimum atomic E-state index is -2.39. The molecule has 2 aromatic rings. The second-order valence-electron chi connectivity index (χ2n) is 4.54. The molecule has 2 atom stereocenters. The summed E-state index contributed by atoms with van der Waals surface area (Å²) in [6, 6.07) is 1.58. The molecule has 0 bridgehead atoms. The van der Waals surface area contributed by atoms with Gasteiger partial charge in [-0.15, -0.1) is 0 Å². The quantitative estimate of drug-likeness (QED) is 0.900. The first-order valence-electron chi connectivity index (χ1n) is 7.42. The Morgan fingerprint density at radius 2 is 2.30 bits per heavy atom. The summed E-state index contributed by atoms with van der Waals surface area (Å²) < 4.78 is 35.3. The average molecular weight is 342 g/mol. The van der Waals surface area contributed by atoms with Crippen molar-refractivity contribution in [2.24, 2.45) is 5.92 Å². The molecule has 0 radical (unpaired) electrons. The molecule has 0 aliphatic heterocycles. The zero-order chi connectivity index (χ0) is 16.8. The van der Waals surface area contributed by atoms with Gasteiger partial charge in [0.2, 0.25) is 5.91 Å². The summed E-state index contributed by atoms with van der Waals surface area (Å²) in [5.41, 5.74) is 0. The highest BCUT2D eigenvalue weighted by Gasteiger charge is 2.43. The number of amides is 1. The normalized spacial score (nSPS) is 23.6. The Bertz CT molecular complexity index is 786. The lowest BCUT2D eigenvalue weighted by Crippen LogP contribution is -2.15. The number of alkyl halides is 1. The maximum Gasteiger partial charge on any atom is 0.231 e. The second kappa shape index (κ2) is 4.97. The van der Waals surface area contributed by atoms with Crippen LogP contribution in [0.1, 0.15) is 10.5 Å². The smallest absolute Gasteiger partial charge is 0.231 e. The lowest BCUT2D eigenvalue weighted by atomic mass is 10.2. The zero-order valence-corrected chi connectivity index (χ0v) is 11.7. The highest BCUT2D eigenvalue weighted by atomic mass is 79.9. The number of anilines is 2. The third-order valence-corrected chi connectivity index (χ3v) is 3.77. The topological polar surface area (TPSA) is 66.9 Å². The summed E-state index contributed by atoms with van der Waals surface area (Å²) in [7, 11) is 0. The van der Waals surface area contributed by atoms with Gasteiger partial charge in [0, 0.05) is 38.7 Å². The fourth-order valence-corrected chi connectivity index (χ4v) is 2.35. The fourth-order valence-electron chi connectivity index (χ4n) is 1.92. The molecule has 1 saturated carbocycles. The molecule has 20 heavy (non-hydrogen) atoms. The van der Waals surface area contributed by atoms with Gasteiger partial charge in [0.25, 0.3) is 0 Å². The minimum absolute atomic E-state index is 0.166. The molecule has 1 aliphatic rings. The van der Waals surface area contributed by atoms with E-state index >= 15 is 0 Å². The van der Waals surface area contributed by atoms with Gasteiger partial charge in [-0.3, -0.25) is 4.79 Å². The van der Waals surface area contributed by atoms with E-state index in [-0.39, 0.29) is 18.1 Å². The Morgan fingerprint density at radius 3 is 3.00 bits per heavy atom. The highest BCUT2D eigenvalue weighted by molar-refractivity contribution is 9.10. The van der Waals surface area contributed by atoms with Gasteiger partial charge in [0.15, 0.2) is 0 Å². The number of fused-ring (bicyclic) bond motifs is 1. The van der Waals surface area contributed by atoms with Crippen molar-refractivity contribution in [2.45, 2.75) is 12.6 Å². The van der Waals surface area contributed by atoms with Gasteiger partial charge >= 0.3 is 0 Å². The first-order valence-corrected chi connectivity index (χ1v) is 6.71. The van der Waals surface area contributed by atoms with Crippen LogP contribution in [0.4, 0.5) is 16.0 Å². The first-order chi connectivity index (χ1) is 10.7. The summed E-state index contributed by atoms with van der Waals surface area (Å²) in [6.07, 6.45) is 2.03. The lowest BCUT2D eigenvalue weighted by molar-refractivity contribution is -0.117.